The lowest BCUT2D eigenvalue weighted by molar-refractivity contribution is 0.0748. The van der Waals surface area contributed by atoms with Gasteiger partial charge in [0, 0.05) is 31.7 Å². The fourth-order valence-electron chi connectivity index (χ4n) is 5.79. The van der Waals surface area contributed by atoms with Crippen molar-refractivity contribution in [3.8, 4) is 11.3 Å². The van der Waals surface area contributed by atoms with E-state index in [-0.39, 0.29) is 23.5 Å². The molecular formula is C30H32ClN5O3S. The van der Waals surface area contributed by atoms with Crippen molar-refractivity contribution in [2.45, 2.75) is 32.7 Å². The molecule has 0 radical (unpaired) electrons. The predicted octanol–water partition coefficient (Wildman–Crippen LogP) is 4.94. The highest BCUT2D eigenvalue weighted by atomic mass is 35.5. The van der Waals surface area contributed by atoms with E-state index in [2.05, 4.69) is 24.0 Å². The zero-order chi connectivity index (χ0) is 28.0. The molecule has 2 saturated heterocycles. The Labute approximate surface area is 239 Å². The lowest BCUT2D eigenvalue weighted by Gasteiger charge is -2.36. The van der Waals surface area contributed by atoms with E-state index in [1.54, 1.807) is 4.68 Å². The van der Waals surface area contributed by atoms with Crippen molar-refractivity contribution >= 4 is 44.1 Å². The van der Waals surface area contributed by atoms with Gasteiger partial charge in [-0.15, -0.1) is 0 Å². The third-order valence-corrected chi connectivity index (χ3v) is 10.1. The van der Waals surface area contributed by atoms with Crippen molar-refractivity contribution in [1.29, 1.82) is 0 Å². The number of aryl methyl sites for hydroxylation is 2. The molecule has 0 spiro atoms. The maximum atomic E-state index is 14.1. The minimum absolute atomic E-state index is 0.0353. The second-order valence-electron chi connectivity index (χ2n) is 10.6. The number of fused-ring (bicyclic) bond motifs is 1. The van der Waals surface area contributed by atoms with Gasteiger partial charge in [0.1, 0.15) is 0 Å². The van der Waals surface area contributed by atoms with E-state index in [0.29, 0.717) is 65.6 Å². The second-order valence-corrected chi connectivity index (χ2v) is 13.3. The smallest absolute Gasteiger partial charge is 0.254 e. The third-order valence-electron chi connectivity index (χ3n) is 8.04. The van der Waals surface area contributed by atoms with E-state index in [0.717, 1.165) is 17.7 Å². The maximum Gasteiger partial charge on any atom is 0.254 e. The van der Waals surface area contributed by atoms with Gasteiger partial charge in [0.25, 0.3) is 5.91 Å². The molecule has 6 rings (SSSR count). The summed E-state index contributed by atoms with van der Waals surface area (Å²) < 4.78 is 26.3. The highest BCUT2D eigenvalue weighted by Gasteiger charge is 2.33. The number of benzene rings is 2. The van der Waals surface area contributed by atoms with Crippen molar-refractivity contribution < 1.29 is 13.2 Å². The van der Waals surface area contributed by atoms with Crippen molar-refractivity contribution in [3.05, 3.63) is 76.4 Å². The summed E-state index contributed by atoms with van der Waals surface area (Å²) in [6.45, 7) is 6.44. The summed E-state index contributed by atoms with van der Waals surface area (Å²) in [7, 11) is -3.13. The van der Waals surface area contributed by atoms with Crippen LogP contribution in [-0.2, 0) is 16.3 Å². The van der Waals surface area contributed by atoms with Gasteiger partial charge >= 0.3 is 0 Å². The number of halogens is 1. The lowest BCUT2D eigenvalue weighted by atomic mass is 10.0. The normalized spacial score (nSPS) is 18.9. The molecule has 1 unspecified atom stereocenters. The van der Waals surface area contributed by atoms with E-state index in [4.69, 9.17) is 21.7 Å². The summed E-state index contributed by atoms with van der Waals surface area (Å²) in [4.78, 5) is 23.2. The molecule has 0 saturated carbocycles. The number of rotatable bonds is 5. The second kappa shape index (κ2) is 10.5. The number of anilines is 1. The summed E-state index contributed by atoms with van der Waals surface area (Å²) >= 11 is 6.43. The van der Waals surface area contributed by atoms with Crippen LogP contribution < -0.4 is 4.90 Å². The van der Waals surface area contributed by atoms with Gasteiger partial charge in [-0.1, -0.05) is 54.9 Å². The molecule has 4 heterocycles. The molecule has 0 N–H and O–H groups in total. The summed E-state index contributed by atoms with van der Waals surface area (Å²) in [5, 5.41) is 6.14. The van der Waals surface area contributed by atoms with Crippen LogP contribution in [0.4, 0.5) is 5.69 Å². The Morgan fingerprint density at radius 1 is 1.05 bits per heavy atom. The average Bonchev–Trinajstić information content (AvgIpc) is 3.50. The Morgan fingerprint density at radius 3 is 2.42 bits per heavy atom. The molecular weight excluding hydrogens is 546 g/mol. The molecule has 2 fully saturated rings. The lowest BCUT2D eigenvalue weighted by Crippen LogP contribution is -2.49. The van der Waals surface area contributed by atoms with Gasteiger partial charge in [0.2, 0.25) is 0 Å². The monoisotopic (exact) mass is 577 g/mol. The van der Waals surface area contributed by atoms with Gasteiger partial charge in [-0.25, -0.2) is 18.1 Å². The zero-order valence-corrected chi connectivity index (χ0v) is 24.2. The van der Waals surface area contributed by atoms with Gasteiger partial charge in [0.05, 0.1) is 50.6 Å². The number of sulfone groups is 1. The van der Waals surface area contributed by atoms with Gasteiger partial charge in [-0.2, -0.15) is 5.10 Å². The Morgan fingerprint density at radius 2 is 1.77 bits per heavy atom. The molecule has 1 amide bonds. The first-order valence-electron chi connectivity index (χ1n) is 13.7. The largest absolute Gasteiger partial charge is 0.367 e. The number of hydrogen-bond acceptors (Lipinski definition) is 6. The molecule has 0 aliphatic carbocycles. The Hall–Kier alpha value is -3.43. The molecule has 10 heteroatoms. The van der Waals surface area contributed by atoms with Crippen LogP contribution in [0.2, 0.25) is 5.02 Å². The van der Waals surface area contributed by atoms with Gasteiger partial charge in [0.15, 0.2) is 15.5 Å². The molecule has 0 bridgehead atoms. The van der Waals surface area contributed by atoms with Gasteiger partial charge in [-0.05, 0) is 43.5 Å². The number of hydrogen-bond donors (Lipinski definition) is 0. The van der Waals surface area contributed by atoms with Crippen molar-refractivity contribution in [2.24, 2.45) is 0 Å². The Bertz CT molecular complexity index is 1690. The minimum Gasteiger partial charge on any atom is -0.367 e. The van der Waals surface area contributed by atoms with E-state index >= 15 is 0 Å². The van der Waals surface area contributed by atoms with Crippen LogP contribution in [0.3, 0.4) is 0 Å². The number of piperazine rings is 1. The first kappa shape index (κ1) is 26.8. The number of carbonyl (C=O) groups is 1. The van der Waals surface area contributed by atoms with Gasteiger partial charge < -0.3 is 9.80 Å². The fourth-order valence-corrected chi connectivity index (χ4v) is 7.74. The maximum absolute atomic E-state index is 14.1. The number of amides is 1. The summed E-state index contributed by atoms with van der Waals surface area (Å²) in [5.74, 6) is 0.102. The number of para-hydroxylation sites is 1. The van der Waals surface area contributed by atoms with Crippen LogP contribution in [0.25, 0.3) is 22.3 Å². The van der Waals surface area contributed by atoms with Crippen LogP contribution in [0, 0.1) is 6.92 Å². The van der Waals surface area contributed by atoms with E-state index < -0.39 is 9.84 Å². The van der Waals surface area contributed by atoms with Crippen molar-refractivity contribution in [2.75, 3.05) is 42.6 Å². The molecule has 2 aromatic carbocycles. The molecule has 4 aromatic rings. The summed E-state index contributed by atoms with van der Waals surface area (Å²) in [6.07, 6.45) is 1.42. The highest BCUT2D eigenvalue weighted by molar-refractivity contribution is 7.91. The molecule has 40 heavy (non-hydrogen) atoms. The molecule has 2 aromatic heterocycles. The highest BCUT2D eigenvalue weighted by Crippen LogP contribution is 2.33. The number of aromatic nitrogens is 3. The molecule has 8 nitrogen and oxygen atoms in total. The van der Waals surface area contributed by atoms with Crippen LogP contribution in [0.15, 0.2) is 54.6 Å². The van der Waals surface area contributed by atoms with Gasteiger partial charge in [-0.3, -0.25) is 4.79 Å². The van der Waals surface area contributed by atoms with Crippen LogP contribution in [-0.4, -0.2) is 71.7 Å². The first-order valence-corrected chi connectivity index (χ1v) is 15.9. The topological polar surface area (TPSA) is 88.4 Å². The summed E-state index contributed by atoms with van der Waals surface area (Å²) in [5.41, 5.74) is 5.57. The average molecular weight is 578 g/mol. The number of pyridine rings is 1. The van der Waals surface area contributed by atoms with Crippen LogP contribution >= 0.6 is 11.6 Å². The molecule has 2 aliphatic heterocycles. The minimum atomic E-state index is -3.13. The predicted molar refractivity (Wildman–Crippen MR) is 159 cm³/mol. The van der Waals surface area contributed by atoms with E-state index in [9.17, 15) is 13.2 Å². The number of nitrogens with zero attached hydrogens (tertiary/aromatic N) is 5. The SMILES string of the molecule is CCc1ccc(-c2cc(C(=O)N3CCN(c4ccccc4Cl)CC3)c3c(C)nn(C4CCS(=O)(=O)C4)c3n2)cc1. The Balaban J connectivity index is 1.39. The Kier molecular flexibility index (Phi) is 7.04. The van der Waals surface area contributed by atoms with E-state index in [1.165, 1.54) is 5.56 Å². The zero-order valence-electron chi connectivity index (χ0n) is 22.7. The molecule has 208 valence electrons. The van der Waals surface area contributed by atoms with Crippen LogP contribution in [0.1, 0.15) is 41.0 Å². The molecule has 1 atom stereocenters. The number of carbonyl (C=O) groups excluding carboxylic acids is 1. The van der Waals surface area contributed by atoms with Crippen molar-refractivity contribution in [3.63, 3.8) is 0 Å². The summed E-state index contributed by atoms with van der Waals surface area (Å²) in [6, 6.07) is 17.5. The fraction of sp³-hybridized carbons (Fsp3) is 0.367. The standard InChI is InChI=1S/C30H32ClN5O3S/c1-3-21-8-10-22(11-9-21)26-18-24(28-20(2)33-36(29(28)32-26)23-12-17-40(38,39)19-23)30(37)35-15-13-34(14-16-35)27-7-5-4-6-25(27)31/h4-11,18,23H,3,12-17,19H2,1-2H3. The first-order chi connectivity index (χ1) is 19.2. The van der Waals surface area contributed by atoms with E-state index in [1.807, 2.05) is 54.3 Å². The van der Waals surface area contributed by atoms with Crippen LogP contribution in [0.5, 0.6) is 0 Å². The third kappa shape index (κ3) is 4.97. The van der Waals surface area contributed by atoms with Crippen molar-refractivity contribution in [1.82, 2.24) is 19.7 Å². The molecule has 2 aliphatic rings. The quantitative estimate of drug-likeness (QED) is 0.334.